The molecule has 1 amide bonds. The fraction of sp³-hybridized carbons (Fsp3) is 0.409. The number of carbonyl (C=O) groups excluding carboxylic acids is 1. The second-order valence-corrected chi connectivity index (χ2v) is 7.59. The van der Waals surface area contributed by atoms with Gasteiger partial charge in [-0.25, -0.2) is 4.39 Å². The van der Waals surface area contributed by atoms with Gasteiger partial charge in [0.25, 0.3) is 0 Å². The fourth-order valence-corrected chi connectivity index (χ4v) is 3.90. The third-order valence-electron chi connectivity index (χ3n) is 5.17. The number of carbonyl (C=O) groups is 1. The van der Waals surface area contributed by atoms with Crippen LogP contribution in [-0.2, 0) is 11.2 Å². The van der Waals surface area contributed by atoms with Crippen LogP contribution in [0.1, 0.15) is 42.0 Å². The normalized spacial score (nSPS) is 15.7. The molecule has 0 aromatic heterocycles. The minimum atomic E-state index is -0.312. The molecule has 3 rings (SSSR count). The standard InChI is InChI=1S/C22H26ClFN2O/c1-16-7-9-17(10-8-16)11-12-21(27)25-15-20(26-13-2-3-14-26)22-18(23)5-4-6-19(22)24/h4-10,20H,2-3,11-15H2,1H3,(H,25,27). The Balaban J connectivity index is 1.62. The molecule has 1 fully saturated rings. The van der Waals surface area contributed by atoms with Gasteiger partial charge in [0.1, 0.15) is 5.82 Å². The molecular formula is C22H26ClFN2O. The summed E-state index contributed by atoms with van der Waals surface area (Å²) in [5, 5.41) is 3.41. The van der Waals surface area contributed by atoms with Crippen LogP contribution in [0.4, 0.5) is 4.39 Å². The van der Waals surface area contributed by atoms with Gasteiger partial charge in [0.15, 0.2) is 0 Å². The summed E-state index contributed by atoms with van der Waals surface area (Å²) < 4.78 is 14.5. The van der Waals surface area contributed by atoms with E-state index in [0.717, 1.165) is 31.5 Å². The van der Waals surface area contributed by atoms with E-state index in [1.54, 1.807) is 12.1 Å². The summed E-state index contributed by atoms with van der Waals surface area (Å²) in [7, 11) is 0. The van der Waals surface area contributed by atoms with Crippen molar-refractivity contribution in [2.24, 2.45) is 0 Å². The first-order chi connectivity index (χ1) is 13.0. The highest BCUT2D eigenvalue weighted by molar-refractivity contribution is 6.31. The van der Waals surface area contributed by atoms with E-state index in [1.165, 1.54) is 11.6 Å². The monoisotopic (exact) mass is 388 g/mol. The van der Waals surface area contributed by atoms with Gasteiger partial charge in [-0.05, 0) is 57.0 Å². The lowest BCUT2D eigenvalue weighted by molar-refractivity contribution is -0.121. The molecule has 144 valence electrons. The highest BCUT2D eigenvalue weighted by atomic mass is 35.5. The molecule has 2 aromatic carbocycles. The predicted octanol–water partition coefficient (Wildman–Crippen LogP) is 4.67. The van der Waals surface area contributed by atoms with Crippen molar-refractivity contribution >= 4 is 17.5 Å². The maximum absolute atomic E-state index is 14.5. The summed E-state index contributed by atoms with van der Waals surface area (Å²) in [6.07, 6.45) is 3.29. The SMILES string of the molecule is Cc1ccc(CCC(=O)NCC(c2c(F)cccc2Cl)N2CCCC2)cc1. The van der Waals surface area contributed by atoms with E-state index < -0.39 is 0 Å². The van der Waals surface area contributed by atoms with Crippen LogP contribution in [0, 0.1) is 12.7 Å². The number of amides is 1. The van der Waals surface area contributed by atoms with Crippen LogP contribution >= 0.6 is 11.6 Å². The van der Waals surface area contributed by atoms with Crippen LogP contribution in [0.3, 0.4) is 0 Å². The Morgan fingerprint density at radius 2 is 1.89 bits per heavy atom. The maximum atomic E-state index is 14.5. The van der Waals surface area contributed by atoms with Crippen molar-refractivity contribution < 1.29 is 9.18 Å². The second-order valence-electron chi connectivity index (χ2n) is 7.18. The summed E-state index contributed by atoms with van der Waals surface area (Å²) in [5.74, 6) is -0.333. The average molecular weight is 389 g/mol. The van der Waals surface area contributed by atoms with Gasteiger partial charge in [-0.15, -0.1) is 0 Å². The minimum Gasteiger partial charge on any atom is -0.354 e. The smallest absolute Gasteiger partial charge is 0.220 e. The van der Waals surface area contributed by atoms with E-state index in [4.69, 9.17) is 11.6 Å². The van der Waals surface area contributed by atoms with Gasteiger partial charge in [-0.3, -0.25) is 9.69 Å². The Morgan fingerprint density at radius 1 is 1.19 bits per heavy atom. The van der Waals surface area contributed by atoms with E-state index in [1.807, 2.05) is 6.92 Å². The Bertz CT molecular complexity index is 752. The highest BCUT2D eigenvalue weighted by Gasteiger charge is 2.28. The number of nitrogens with zero attached hydrogens (tertiary/aromatic N) is 1. The van der Waals surface area contributed by atoms with Gasteiger partial charge in [-0.2, -0.15) is 0 Å². The zero-order chi connectivity index (χ0) is 19.2. The van der Waals surface area contributed by atoms with Gasteiger partial charge in [-0.1, -0.05) is 47.5 Å². The largest absolute Gasteiger partial charge is 0.354 e. The molecule has 3 nitrogen and oxygen atoms in total. The fourth-order valence-electron chi connectivity index (χ4n) is 3.61. The van der Waals surface area contributed by atoms with Crippen LogP contribution in [0.2, 0.25) is 5.02 Å². The first-order valence-electron chi connectivity index (χ1n) is 9.55. The lowest BCUT2D eigenvalue weighted by atomic mass is 10.0. The van der Waals surface area contributed by atoms with E-state index in [-0.39, 0.29) is 17.8 Å². The summed E-state index contributed by atoms with van der Waals surface area (Å²) in [6, 6.07) is 12.7. The average Bonchev–Trinajstić information content (AvgIpc) is 3.18. The van der Waals surface area contributed by atoms with Gasteiger partial charge in [0, 0.05) is 23.6 Å². The molecule has 1 N–H and O–H groups in total. The molecule has 1 aliphatic rings. The van der Waals surface area contributed by atoms with E-state index in [9.17, 15) is 9.18 Å². The molecular weight excluding hydrogens is 363 g/mol. The van der Waals surface area contributed by atoms with Gasteiger partial charge >= 0.3 is 0 Å². The first-order valence-corrected chi connectivity index (χ1v) is 9.92. The molecule has 0 radical (unpaired) electrons. The van der Waals surface area contributed by atoms with Crippen molar-refractivity contribution in [3.05, 3.63) is 70.0 Å². The Morgan fingerprint density at radius 3 is 2.56 bits per heavy atom. The van der Waals surface area contributed by atoms with E-state index in [2.05, 4.69) is 34.5 Å². The van der Waals surface area contributed by atoms with Crippen LogP contribution in [-0.4, -0.2) is 30.4 Å². The van der Waals surface area contributed by atoms with Crippen LogP contribution in [0.25, 0.3) is 0 Å². The Kier molecular flexibility index (Phi) is 6.86. The quantitative estimate of drug-likeness (QED) is 0.747. The van der Waals surface area contributed by atoms with Crippen molar-refractivity contribution in [3.8, 4) is 0 Å². The zero-order valence-corrected chi connectivity index (χ0v) is 16.4. The third kappa shape index (κ3) is 5.30. The van der Waals surface area contributed by atoms with Crippen LogP contribution < -0.4 is 5.32 Å². The summed E-state index contributed by atoms with van der Waals surface area (Å²) in [5.41, 5.74) is 2.84. The van der Waals surface area contributed by atoms with Gasteiger partial charge in [0.05, 0.1) is 6.04 Å². The minimum absolute atomic E-state index is 0.0211. The molecule has 1 aliphatic heterocycles. The Hall–Kier alpha value is -1.91. The number of aryl methyl sites for hydroxylation is 2. The molecule has 2 aromatic rings. The highest BCUT2D eigenvalue weighted by Crippen LogP contribution is 2.31. The number of likely N-dealkylation sites (tertiary alicyclic amines) is 1. The van der Waals surface area contributed by atoms with E-state index >= 15 is 0 Å². The Labute approximate surface area is 165 Å². The summed E-state index contributed by atoms with van der Waals surface area (Å²) in [4.78, 5) is 14.6. The molecule has 1 atom stereocenters. The van der Waals surface area contributed by atoms with Crippen molar-refractivity contribution in [1.82, 2.24) is 10.2 Å². The maximum Gasteiger partial charge on any atom is 0.220 e. The summed E-state index contributed by atoms with van der Waals surface area (Å²) in [6.45, 7) is 4.21. The lowest BCUT2D eigenvalue weighted by Crippen LogP contribution is -2.37. The van der Waals surface area contributed by atoms with Crippen molar-refractivity contribution in [2.75, 3.05) is 19.6 Å². The van der Waals surface area contributed by atoms with E-state index in [0.29, 0.717) is 30.0 Å². The zero-order valence-electron chi connectivity index (χ0n) is 15.7. The van der Waals surface area contributed by atoms with Crippen molar-refractivity contribution in [2.45, 2.75) is 38.6 Å². The van der Waals surface area contributed by atoms with Crippen LogP contribution in [0.15, 0.2) is 42.5 Å². The topological polar surface area (TPSA) is 32.3 Å². The number of benzene rings is 2. The van der Waals surface area contributed by atoms with Crippen molar-refractivity contribution in [1.29, 1.82) is 0 Å². The first kappa shape index (κ1) is 19.8. The molecule has 0 saturated carbocycles. The molecule has 1 unspecified atom stereocenters. The number of hydrogen-bond donors (Lipinski definition) is 1. The van der Waals surface area contributed by atoms with Gasteiger partial charge < -0.3 is 5.32 Å². The second kappa shape index (κ2) is 9.34. The molecule has 0 bridgehead atoms. The molecule has 1 saturated heterocycles. The lowest BCUT2D eigenvalue weighted by Gasteiger charge is -2.29. The number of rotatable bonds is 7. The van der Waals surface area contributed by atoms with Crippen molar-refractivity contribution in [3.63, 3.8) is 0 Å². The molecule has 27 heavy (non-hydrogen) atoms. The van der Waals surface area contributed by atoms with Gasteiger partial charge in [0.2, 0.25) is 5.91 Å². The molecule has 5 heteroatoms. The third-order valence-corrected chi connectivity index (χ3v) is 5.50. The van der Waals surface area contributed by atoms with Crippen LogP contribution in [0.5, 0.6) is 0 Å². The molecule has 1 heterocycles. The summed E-state index contributed by atoms with van der Waals surface area (Å²) >= 11 is 6.29. The number of halogens is 2. The number of nitrogens with one attached hydrogen (secondary N) is 1. The molecule has 0 spiro atoms. The molecule has 0 aliphatic carbocycles. The predicted molar refractivity (Wildman–Crippen MR) is 107 cm³/mol. The number of hydrogen-bond acceptors (Lipinski definition) is 2.